The SMILES string of the molecule is CCc1cccnc1CNc1nc(N)ncc1F. The van der Waals surface area contributed by atoms with E-state index in [1.165, 1.54) is 0 Å². The molecule has 0 spiro atoms. The first-order chi connectivity index (χ1) is 8.70. The van der Waals surface area contributed by atoms with Crippen LogP contribution < -0.4 is 11.1 Å². The van der Waals surface area contributed by atoms with E-state index >= 15 is 0 Å². The summed E-state index contributed by atoms with van der Waals surface area (Å²) in [5, 5.41) is 2.88. The Morgan fingerprint density at radius 1 is 1.39 bits per heavy atom. The highest BCUT2D eigenvalue weighted by Gasteiger charge is 2.07. The van der Waals surface area contributed by atoms with Gasteiger partial charge in [-0.1, -0.05) is 13.0 Å². The van der Waals surface area contributed by atoms with Gasteiger partial charge in [-0.25, -0.2) is 9.37 Å². The topological polar surface area (TPSA) is 76.7 Å². The van der Waals surface area contributed by atoms with Crippen molar-refractivity contribution in [3.8, 4) is 0 Å². The van der Waals surface area contributed by atoms with Gasteiger partial charge in [0.2, 0.25) is 5.95 Å². The minimum atomic E-state index is -0.529. The summed E-state index contributed by atoms with van der Waals surface area (Å²) in [5.74, 6) is -0.399. The Morgan fingerprint density at radius 3 is 3.00 bits per heavy atom. The fourth-order valence-electron chi connectivity index (χ4n) is 1.62. The molecule has 0 aliphatic rings. The first-order valence-electron chi connectivity index (χ1n) is 5.65. The Morgan fingerprint density at radius 2 is 2.22 bits per heavy atom. The maximum absolute atomic E-state index is 13.4. The molecule has 0 saturated carbocycles. The molecule has 0 amide bonds. The lowest BCUT2D eigenvalue weighted by molar-refractivity contribution is 0.617. The predicted molar refractivity (Wildman–Crippen MR) is 67.3 cm³/mol. The fraction of sp³-hybridized carbons (Fsp3) is 0.250. The molecule has 3 N–H and O–H groups in total. The van der Waals surface area contributed by atoms with Crippen LogP contribution in [0.5, 0.6) is 0 Å². The molecule has 0 aliphatic heterocycles. The normalized spacial score (nSPS) is 10.3. The zero-order valence-corrected chi connectivity index (χ0v) is 10.0. The summed E-state index contributed by atoms with van der Waals surface area (Å²) in [7, 11) is 0. The molecule has 18 heavy (non-hydrogen) atoms. The van der Waals surface area contributed by atoms with Gasteiger partial charge in [-0.15, -0.1) is 0 Å². The number of nitrogens with two attached hydrogens (primary N) is 1. The fourth-order valence-corrected chi connectivity index (χ4v) is 1.62. The van der Waals surface area contributed by atoms with Gasteiger partial charge in [-0.05, 0) is 18.1 Å². The van der Waals surface area contributed by atoms with Crippen LogP contribution in [0.2, 0.25) is 0 Å². The van der Waals surface area contributed by atoms with Crippen molar-refractivity contribution in [3.05, 3.63) is 41.6 Å². The average molecular weight is 247 g/mol. The summed E-state index contributed by atoms with van der Waals surface area (Å²) in [4.78, 5) is 11.6. The second-order valence-corrected chi connectivity index (χ2v) is 3.74. The smallest absolute Gasteiger partial charge is 0.222 e. The molecule has 0 aliphatic carbocycles. The lowest BCUT2D eigenvalue weighted by atomic mass is 10.1. The zero-order valence-electron chi connectivity index (χ0n) is 10.0. The third-order valence-corrected chi connectivity index (χ3v) is 2.55. The number of rotatable bonds is 4. The Hall–Kier alpha value is -2.24. The van der Waals surface area contributed by atoms with Crippen LogP contribution in [0, 0.1) is 5.82 Å². The Kier molecular flexibility index (Phi) is 3.66. The van der Waals surface area contributed by atoms with Crippen molar-refractivity contribution in [1.82, 2.24) is 15.0 Å². The Labute approximate surface area is 104 Å². The number of aryl methyl sites for hydroxylation is 1. The Bertz CT molecular complexity index is 544. The molecule has 0 fully saturated rings. The lowest BCUT2D eigenvalue weighted by Gasteiger charge is -2.09. The van der Waals surface area contributed by atoms with Crippen molar-refractivity contribution in [2.24, 2.45) is 0 Å². The first-order valence-corrected chi connectivity index (χ1v) is 5.65. The number of hydrogen-bond donors (Lipinski definition) is 2. The van der Waals surface area contributed by atoms with Gasteiger partial charge in [-0.2, -0.15) is 4.98 Å². The molecule has 0 atom stereocenters. The van der Waals surface area contributed by atoms with Crippen LogP contribution in [0.3, 0.4) is 0 Å². The first kappa shape index (κ1) is 12.2. The third-order valence-electron chi connectivity index (χ3n) is 2.55. The Balaban J connectivity index is 2.14. The van der Waals surface area contributed by atoms with Gasteiger partial charge in [0.05, 0.1) is 18.4 Å². The summed E-state index contributed by atoms with van der Waals surface area (Å²) >= 11 is 0. The largest absolute Gasteiger partial charge is 0.368 e. The molecule has 2 heterocycles. The highest BCUT2D eigenvalue weighted by atomic mass is 19.1. The second kappa shape index (κ2) is 5.39. The van der Waals surface area contributed by atoms with Crippen molar-refractivity contribution < 1.29 is 4.39 Å². The van der Waals surface area contributed by atoms with Gasteiger partial charge in [0.15, 0.2) is 11.6 Å². The predicted octanol–water partition coefficient (Wildman–Crippen LogP) is 1.77. The number of anilines is 2. The standard InChI is InChI=1S/C12H14FN5/c1-2-8-4-3-5-15-10(8)7-16-11-9(13)6-17-12(14)18-11/h3-6H,2,7H2,1H3,(H3,14,16,17,18). The van der Waals surface area contributed by atoms with Crippen molar-refractivity contribution in [1.29, 1.82) is 0 Å². The van der Waals surface area contributed by atoms with Crippen molar-refractivity contribution in [3.63, 3.8) is 0 Å². The molecule has 94 valence electrons. The molecule has 0 saturated heterocycles. The number of aromatic nitrogens is 3. The summed E-state index contributed by atoms with van der Waals surface area (Å²) in [6, 6.07) is 3.88. The summed E-state index contributed by atoms with van der Waals surface area (Å²) in [6.07, 6.45) is 3.63. The van der Waals surface area contributed by atoms with Crippen LogP contribution in [0.4, 0.5) is 16.2 Å². The molecule has 2 rings (SSSR count). The van der Waals surface area contributed by atoms with Crippen molar-refractivity contribution >= 4 is 11.8 Å². The van der Waals surface area contributed by atoms with Gasteiger partial charge < -0.3 is 11.1 Å². The zero-order chi connectivity index (χ0) is 13.0. The summed E-state index contributed by atoms with van der Waals surface area (Å²) in [6.45, 7) is 2.45. The minimum absolute atomic E-state index is 0.0376. The molecule has 0 bridgehead atoms. The molecule has 2 aromatic heterocycles. The monoisotopic (exact) mass is 247 g/mol. The van der Waals surface area contributed by atoms with Crippen LogP contribution in [0.25, 0.3) is 0 Å². The van der Waals surface area contributed by atoms with Crippen LogP contribution in [-0.4, -0.2) is 15.0 Å². The van der Waals surface area contributed by atoms with Crippen molar-refractivity contribution in [2.75, 3.05) is 11.1 Å². The number of halogens is 1. The minimum Gasteiger partial charge on any atom is -0.368 e. The second-order valence-electron chi connectivity index (χ2n) is 3.74. The van der Waals surface area contributed by atoms with E-state index in [4.69, 9.17) is 5.73 Å². The van der Waals surface area contributed by atoms with E-state index in [2.05, 4.69) is 20.3 Å². The van der Waals surface area contributed by atoms with Crippen LogP contribution in [0.15, 0.2) is 24.5 Å². The quantitative estimate of drug-likeness (QED) is 0.861. The lowest BCUT2D eigenvalue weighted by Crippen LogP contribution is -2.09. The molecule has 5 nitrogen and oxygen atoms in total. The molecular formula is C12H14FN5. The molecule has 6 heteroatoms. The van der Waals surface area contributed by atoms with Crippen LogP contribution in [0.1, 0.15) is 18.2 Å². The highest BCUT2D eigenvalue weighted by Crippen LogP contribution is 2.13. The number of pyridine rings is 1. The van der Waals surface area contributed by atoms with E-state index in [0.29, 0.717) is 6.54 Å². The number of hydrogen-bond acceptors (Lipinski definition) is 5. The van der Waals surface area contributed by atoms with E-state index in [9.17, 15) is 4.39 Å². The van der Waals surface area contributed by atoms with Crippen LogP contribution >= 0.6 is 0 Å². The molecule has 0 unspecified atom stereocenters. The van der Waals surface area contributed by atoms with E-state index in [1.807, 2.05) is 19.1 Å². The molecular weight excluding hydrogens is 233 g/mol. The maximum atomic E-state index is 13.4. The molecule has 2 aromatic rings. The van der Waals surface area contributed by atoms with Gasteiger partial charge in [0.25, 0.3) is 0 Å². The summed E-state index contributed by atoms with van der Waals surface area (Å²) in [5.41, 5.74) is 7.40. The van der Waals surface area contributed by atoms with E-state index in [1.54, 1.807) is 6.20 Å². The van der Waals surface area contributed by atoms with Crippen molar-refractivity contribution in [2.45, 2.75) is 19.9 Å². The maximum Gasteiger partial charge on any atom is 0.222 e. The van der Waals surface area contributed by atoms with Gasteiger partial charge in [0, 0.05) is 6.20 Å². The van der Waals surface area contributed by atoms with E-state index < -0.39 is 5.82 Å². The number of nitrogen functional groups attached to an aromatic ring is 1. The van der Waals surface area contributed by atoms with E-state index in [-0.39, 0.29) is 11.8 Å². The molecule has 0 radical (unpaired) electrons. The van der Waals surface area contributed by atoms with Gasteiger partial charge in [-0.3, -0.25) is 4.98 Å². The van der Waals surface area contributed by atoms with Crippen LogP contribution in [-0.2, 0) is 13.0 Å². The summed E-state index contributed by atoms with van der Waals surface area (Å²) < 4.78 is 13.4. The number of nitrogens with one attached hydrogen (secondary N) is 1. The third kappa shape index (κ3) is 2.71. The van der Waals surface area contributed by atoms with E-state index in [0.717, 1.165) is 23.9 Å². The highest BCUT2D eigenvalue weighted by molar-refractivity contribution is 5.40. The van der Waals surface area contributed by atoms with Gasteiger partial charge >= 0.3 is 0 Å². The van der Waals surface area contributed by atoms with Gasteiger partial charge in [0.1, 0.15) is 0 Å². The molecule has 0 aromatic carbocycles. The number of nitrogens with zero attached hydrogens (tertiary/aromatic N) is 3. The average Bonchev–Trinajstić information content (AvgIpc) is 2.40.